The molecule has 1 aromatic carbocycles. The third-order valence-corrected chi connectivity index (χ3v) is 2.75. The Kier molecular flexibility index (Phi) is 5.65. The molecule has 0 amide bonds. The van der Waals surface area contributed by atoms with Crippen LogP contribution in [0.15, 0.2) is 24.3 Å². The lowest BCUT2D eigenvalue weighted by Crippen LogP contribution is -2.07. The van der Waals surface area contributed by atoms with E-state index in [9.17, 15) is 9.59 Å². The summed E-state index contributed by atoms with van der Waals surface area (Å²) in [6, 6.07) is 6.62. The number of methoxy groups -OCH3 is 1. The second-order valence-corrected chi connectivity index (χ2v) is 4.12. The zero-order valence-corrected chi connectivity index (χ0v) is 11.1. The predicted molar refractivity (Wildman–Crippen MR) is 67.6 cm³/mol. The van der Waals surface area contributed by atoms with Gasteiger partial charge in [0, 0.05) is 0 Å². The number of carbonyl (C=O) groups excluding carboxylic acids is 2. The monoisotopic (exact) mass is 270 g/mol. The number of hydrogen-bond donors (Lipinski definition) is 0. The van der Waals surface area contributed by atoms with Crippen LogP contribution in [0.25, 0.3) is 0 Å². The molecule has 4 nitrogen and oxygen atoms in total. The van der Waals surface area contributed by atoms with Crippen molar-refractivity contribution in [3.05, 3.63) is 35.4 Å². The van der Waals surface area contributed by atoms with E-state index in [1.54, 1.807) is 31.2 Å². The van der Waals surface area contributed by atoms with Crippen molar-refractivity contribution in [1.82, 2.24) is 0 Å². The van der Waals surface area contributed by atoms with E-state index in [1.807, 2.05) is 0 Å². The molecule has 5 heteroatoms. The maximum absolute atomic E-state index is 11.3. The van der Waals surface area contributed by atoms with Crippen molar-refractivity contribution in [3.63, 3.8) is 0 Å². The molecule has 98 valence electrons. The van der Waals surface area contributed by atoms with Gasteiger partial charge in [-0.15, -0.1) is 11.6 Å². The van der Waals surface area contributed by atoms with Gasteiger partial charge in [-0.25, -0.2) is 4.79 Å². The average molecular weight is 271 g/mol. The molecular formula is C13H15ClO4. The average Bonchev–Trinajstić information content (AvgIpc) is 2.38. The van der Waals surface area contributed by atoms with E-state index in [0.717, 1.165) is 5.56 Å². The van der Waals surface area contributed by atoms with Crippen molar-refractivity contribution < 1.29 is 19.1 Å². The molecule has 0 aromatic heterocycles. The van der Waals surface area contributed by atoms with Gasteiger partial charge in [0.25, 0.3) is 0 Å². The Bertz CT molecular complexity index is 414. The molecule has 0 saturated heterocycles. The second kappa shape index (κ2) is 7.01. The van der Waals surface area contributed by atoms with E-state index in [0.29, 0.717) is 12.2 Å². The number of hydrogen-bond acceptors (Lipinski definition) is 4. The van der Waals surface area contributed by atoms with Crippen LogP contribution in [-0.2, 0) is 14.3 Å². The topological polar surface area (TPSA) is 52.6 Å². The van der Waals surface area contributed by atoms with Crippen LogP contribution in [0, 0.1) is 0 Å². The summed E-state index contributed by atoms with van der Waals surface area (Å²) in [4.78, 5) is 22.5. The fourth-order valence-electron chi connectivity index (χ4n) is 1.43. The van der Waals surface area contributed by atoms with Gasteiger partial charge in [-0.2, -0.15) is 0 Å². The number of alkyl halides is 1. The van der Waals surface area contributed by atoms with E-state index >= 15 is 0 Å². The molecule has 0 bridgehead atoms. The summed E-state index contributed by atoms with van der Waals surface area (Å²) in [6.07, 6.45) is 0.104. The Morgan fingerprint density at radius 1 is 1.28 bits per heavy atom. The van der Waals surface area contributed by atoms with Crippen LogP contribution in [0.4, 0.5) is 0 Å². The first-order valence-corrected chi connectivity index (χ1v) is 6.00. The molecule has 1 aromatic rings. The van der Waals surface area contributed by atoms with Crippen molar-refractivity contribution in [3.8, 4) is 0 Å². The zero-order valence-electron chi connectivity index (χ0n) is 10.3. The fourth-order valence-corrected chi connectivity index (χ4v) is 1.70. The zero-order chi connectivity index (χ0) is 13.5. The van der Waals surface area contributed by atoms with Crippen LogP contribution < -0.4 is 0 Å². The highest BCUT2D eigenvalue weighted by Crippen LogP contribution is 2.24. The minimum absolute atomic E-state index is 0.104. The third-order valence-electron chi connectivity index (χ3n) is 2.34. The van der Waals surface area contributed by atoms with Gasteiger partial charge in [-0.3, -0.25) is 4.79 Å². The molecule has 1 atom stereocenters. The molecule has 1 rings (SSSR count). The predicted octanol–water partition coefficient (Wildman–Crippen LogP) is 2.71. The molecule has 0 heterocycles. The van der Waals surface area contributed by atoms with Crippen LogP contribution in [0.1, 0.15) is 34.6 Å². The van der Waals surface area contributed by atoms with Crippen molar-refractivity contribution in [2.75, 3.05) is 13.7 Å². The van der Waals surface area contributed by atoms with Gasteiger partial charge < -0.3 is 9.47 Å². The Balaban J connectivity index is 2.67. The van der Waals surface area contributed by atoms with Crippen LogP contribution in [-0.4, -0.2) is 25.7 Å². The lowest BCUT2D eigenvalue weighted by Gasteiger charge is -2.09. The summed E-state index contributed by atoms with van der Waals surface area (Å²) in [5, 5.41) is -0.462. The molecule has 0 aliphatic carbocycles. The molecule has 0 spiro atoms. The molecule has 0 aliphatic heterocycles. The van der Waals surface area contributed by atoms with Gasteiger partial charge in [0.1, 0.15) is 0 Å². The van der Waals surface area contributed by atoms with Gasteiger partial charge in [-0.1, -0.05) is 12.1 Å². The highest BCUT2D eigenvalue weighted by Gasteiger charge is 2.14. The van der Waals surface area contributed by atoms with Gasteiger partial charge in [0.15, 0.2) is 0 Å². The van der Waals surface area contributed by atoms with Crippen LogP contribution >= 0.6 is 11.6 Å². The Hall–Kier alpha value is -1.55. The first kappa shape index (κ1) is 14.5. The first-order valence-electron chi connectivity index (χ1n) is 5.56. The maximum atomic E-state index is 11.3. The summed E-state index contributed by atoms with van der Waals surface area (Å²) in [5.74, 6) is -0.743. The van der Waals surface area contributed by atoms with Crippen molar-refractivity contribution >= 4 is 23.5 Å². The van der Waals surface area contributed by atoms with Gasteiger partial charge in [-0.05, 0) is 24.6 Å². The minimum Gasteiger partial charge on any atom is -0.466 e. The SMILES string of the molecule is CCOC(=O)CC(Cl)c1ccc(C(=O)OC)cc1. The molecule has 0 fully saturated rings. The Morgan fingerprint density at radius 3 is 2.39 bits per heavy atom. The number of esters is 2. The normalized spacial score (nSPS) is 11.7. The van der Waals surface area contributed by atoms with E-state index in [-0.39, 0.29) is 12.4 Å². The molecule has 0 saturated carbocycles. The molecule has 18 heavy (non-hydrogen) atoms. The van der Waals surface area contributed by atoms with Crippen LogP contribution in [0.5, 0.6) is 0 Å². The van der Waals surface area contributed by atoms with E-state index in [1.165, 1.54) is 7.11 Å². The van der Waals surface area contributed by atoms with E-state index in [4.69, 9.17) is 16.3 Å². The number of rotatable bonds is 5. The van der Waals surface area contributed by atoms with Crippen LogP contribution in [0.3, 0.4) is 0 Å². The molecule has 1 unspecified atom stereocenters. The lowest BCUT2D eigenvalue weighted by atomic mass is 10.1. The number of carbonyl (C=O) groups is 2. The van der Waals surface area contributed by atoms with Crippen molar-refractivity contribution in [1.29, 1.82) is 0 Å². The molecule has 0 aliphatic rings. The van der Waals surface area contributed by atoms with Gasteiger partial charge in [0.05, 0.1) is 31.1 Å². The van der Waals surface area contributed by atoms with Crippen molar-refractivity contribution in [2.45, 2.75) is 18.7 Å². The van der Waals surface area contributed by atoms with E-state index in [2.05, 4.69) is 4.74 Å². The third kappa shape index (κ3) is 4.04. The summed E-state index contributed by atoms with van der Waals surface area (Å²) < 4.78 is 9.40. The smallest absolute Gasteiger partial charge is 0.337 e. The highest BCUT2D eigenvalue weighted by molar-refractivity contribution is 6.21. The standard InChI is InChI=1S/C13H15ClO4/c1-3-18-12(15)8-11(14)9-4-6-10(7-5-9)13(16)17-2/h4-7,11H,3,8H2,1-2H3. The van der Waals surface area contributed by atoms with Gasteiger partial charge >= 0.3 is 11.9 Å². The van der Waals surface area contributed by atoms with Crippen molar-refractivity contribution in [2.24, 2.45) is 0 Å². The largest absolute Gasteiger partial charge is 0.466 e. The summed E-state index contributed by atoms with van der Waals surface area (Å²) in [7, 11) is 1.32. The fraction of sp³-hybridized carbons (Fsp3) is 0.385. The first-order chi connectivity index (χ1) is 8.58. The van der Waals surface area contributed by atoms with Gasteiger partial charge in [0.2, 0.25) is 0 Å². The molecule has 0 radical (unpaired) electrons. The maximum Gasteiger partial charge on any atom is 0.337 e. The Labute approximate surface area is 111 Å². The highest BCUT2D eigenvalue weighted by atomic mass is 35.5. The van der Waals surface area contributed by atoms with Crippen LogP contribution in [0.2, 0.25) is 0 Å². The quantitative estimate of drug-likeness (QED) is 0.610. The second-order valence-electron chi connectivity index (χ2n) is 3.59. The summed E-state index contributed by atoms with van der Waals surface area (Å²) in [5.41, 5.74) is 1.21. The molecular weight excluding hydrogens is 256 g/mol. The number of ether oxygens (including phenoxy) is 2. The number of benzene rings is 1. The summed E-state index contributed by atoms with van der Waals surface area (Å²) >= 11 is 6.09. The number of halogens is 1. The Morgan fingerprint density at radius 2 is 1.89 bits per heavy atom. The van der Waals surface area contributed by atoms with E-state index < -0.39 is 11.3 Å². The lowest BCUT2D eigenvalue weighted by molar-refractivity contribution is -0.143. The minimum atomic E-state index is -0.462. The summed E-state index contributed by atoms with van der Waals surface area (Å²) in [6.45, 7) is 2.08. The molecule has 0 N–H and O–H groups in total.